The van der Waals surface area contributed by atoms with Gasteiger partial charge < -0.3 is 24.5 Å². The van der Waals surface area contributed by atoms with E-state index in [1.807, 2.05) is 79.7 Å². The van der Waals surface area contributed by atoms with E-state index in [2.05, 4.69) is 13.2 Å². The van der Waals surface area contributed by atoms with Crippen LogP contribution in [-0.2, 0) is 25.7 Å². The molecule has 3 amide bonds. The lowest BCUT2D eigenvalue weighted by Crippen LogP contribution is -2.56. The van der Waals surface area contributed by atoms with Crippen molar-refractivity contribution in [2.75, 3.05) is 31.1 Å². The highest BCUT2D eigenvalue weighted by atomic mass is 16.5. The Bertz CT molecular complexity index is 1660. The molecular formula is C39H45N3O5. The van der Waals surface area contributed by atoms with Crippen LogP contribution < -0.4 is 4.90 Å². The molecule has 3 fully saturated rings. The van der Waals surface area contributed by atoms with Crippen molar-refractivity contribution in [3.8, 4) is 0 Å². The predicted molar refractivity (Wildman–Crippen MR) is 183 cm³/mol. The molecule has 3 heterocycles. The molecule has 3 saturated heterocycles. The number of aliphatic hydroxyl groups excluding tert-OH is 1. The molecule has 0 aromatic heterocycles. The van der Waals surface area contributed by atoms with Crippen molar-refractivity contribution in [3.05, 3.63) is 104 Å². The normalized spacial score (nSPS) is 26.0. The molecule has 3 aromatic rings. The molecular weight excluding hydrogens is 590 g/mol. The summed E-state index contributed by atoms with van der Waals surface area (Å²) in [6.45, 7) is 11.2. The number of amides is 3. The standard InChI is InChI=1S/C39H45N3O5/c1-4-22-40(27-28-14-8-6-9-15-28)35(44)32-33-36(45)42(24-12-7-13-25-43)34(39(33)21-20-38(32,3)47-39)37(46)41(23-5-2)31-19-18-29-16-10-11-17-30(29)26-31/h4-6,8-11,14-19,26,32-34,43H,1-2,7,12-13,20-25,27H2,3H3/t32-,33-,34?,38+,39?/m0/s1. The van der Waals surface area contributed by atoms with E-state index < -0.39 is 29.1 Å². The van der Waals surface area contributed by atoms with Gasteiger partial charge in [0.2, 0.25) is 11.8 Å². The molecule has 8 nitrogen and oxygen atoms in total. The lowest BCUT2D eigenvalue weighted by Gasteiger charge is -2.37. The van der Waals surface area contributed by atoms with Crippen LogP contribution >= 0.6 is 0 Å². The SMILES string of the molecule is C=CCN(Cc1ccccc1)C(=O)[C@@H]1[C@H]2C(=O)N(CCCCCO)C(C(=O)N(CC=C)c3ccc4ccccc4c3)C23CC[C@@]1(C)O3. The fourth-order valence-electron chi connectivity index (χ4n) is 8.23. The molecule has 6 rings (SSSR count). The quantitative estimate of drug-likeness (QED) is 0.187. The van der Waals surface area contributed by atoms with Gasteiger partial charge in [0.05, 0.1) is 17.4 Å². The van der Waals surface area contributed by atoms with Crippen LogP contribution in [0.1, 0.15) is 44.6 Å². The Balaban J connectivity index is 1.39. The first kappa shape index (κ1) is 32.7. The first-order chi connectivity index (χ1) is 22.8. The first-order valence-corrected chi connectivity index (χ1v) is 16.7. The molecule has 47 heavy (non-hydrogen) atoms. The molecule has 0 radical (unpaired) electrons. The van der Waals surface area contributed by atoms with Crippen molar-refractivity contribution in [2.45, 2.75) is 62.8 Å². The second-order valence-electron chi connectivity index (χ2n) is 13.3. The van der Waals surface area contributed by atoms with E-state index >= 15 is 0 Å². The number of carbonyl (C=O) groups excluding carboxylic acids is 3. The van der Waals surface area contributed by atoms with Crippen LogP contribution in [0.3, 0.4) is 0 Å². The van der Waals surface area contributed by atoms with Gasteiger partial charge in [-0.1, -0.05) is 72.8 Å². The number of anilines is 1. The van der Waals surface area contributed by atoms with Gasteiger partial charge in [-0.05, 0) is 67.5 Å². The number of nitrogens with zero attached hydrogens (tertiary/aromatic N) is 3. The van der Waals surface area contributed by atoms with Gasteiger partial charge in [-0.15, -0.1) is 13.2 Å². The smallest absolute Gasteiger partial charge is 0.253 e. The Kier molecular flexibility index (Phi) is 9.35. The van der Waals surface area contributed by atoms with Crippen molar-refractivity contribution < 1.29 is 24.2 Å². The van der Waals surface area contributed by atoms with Gasteiger partial charge >= 0.3 is 0 Å². The summed E-state index contributed by atoms with van der Waals surface area (Å²) in [6.07, 6.45) is 6.43. The third-order valence-corrected chi connectivity index (χ3v) is 10.3. The summed E-state index contributed by atoms with van der Waals surface area (Å²) in [7, 11) is 0. The third-order valence-electron chi connectivity index (χ3n) is 10.3. The molecule has 2 bridgehead atoms. The van der Waals surface area contributed by atoms with Crippen molar-refractivity contribution in [3.63, 3.8) is 0 Å². The highest BCUT2D eigenvalue weighted by Crippen LogP contribution is 2.63. The zero-order valence-corrected chi connectivity index (χ0v) is 27.2. The van der Waals surface area contributed by atoms with Crippen LogP contribution in [0.4, 0.5) is 5.69 Å². The van der Waals surface area contributed by atoms with E-state index in [0.29, 0.717) is 57.4 Å². The number of benzene rings is 3. The maximum atomic E-state index is 15.0. The number of fused-ring (bicyclic) bond motifs is 2. The number of likely N-dealkylation sites (tertiary alicyclic amines) is 1. The van der Waals surface area contributed by atoms with Gasteiger partial charge in [0.1, 0.15) is 11.6 Å². The first-order valence-electron chi connectivity index (χ1n) is 16.7. The van der Waals surface area contributed by atoms with Crippen LogP contribution in [0.25, 0.3) is 10.8 Å². The van der Waals surface area contributed by atoms with Crippen LogP contribution in [0.15, 0.2) is 98.1 Å². The summed E-state index contributed by atoms with van der Waals surface area (Å²) >= 11 is 0. The summed E-state index contributed by atoms with van der Waals surface area (Å²) in [5.74, 6) is -2.11. The lowest BCUT2D eigenvalue weighted by atomic mass is 9.66. The van der Waals surface area contributed by atoms with Gasteiger partial charge in [-0.2, -0.15) is 0 Å². The Morgan fingerprint density at radius 3 is 2.38 bits per heavy atom. The van der Waals surface area contributed by atoms with Gasteiger partial charge in [-0.25, -0.2) is 0 Å². The van der Waals surface area contributed by atoms with E-state index in [0.717, 1.165) is 16.3 Å². The Hall–Kier alpha value is -4.27. The number of carbonyl (C=O) groups is 3. The van der Waals surface area contributed by atoms with E-state index in [9.17, 15) is 19.5 Å². The molecule has 3 aliphatic heterocycles. The fourth-order valence-corrected chi connectivity index (χ4v) is 8.23. The zero-order valence-electron chi connectivity index (χ0n) is 27.2. The zero-order chi connectivity index (χ0) is 33.2. The van der Waals surface area contributed by atoms with Crippen LogP contribution in [-0.4, -0.2) is 76.1 Å². The average molecular weight is 636 g/mol. The summed E-state index contributed by atoms with van der Waals surface area (Å²) in [4.78, 5) is 49.3. The van der Waals surface area contributed by atoms with Crippen molar-refractivity contribution in [1.82, 2.24) is 9.80 Å². The molecule has 0 aliphatic carbocycles. The van der Waals surface area contributed by atoms with Crippen LogP contribution in [0, 0.1) is 11.8 Å². The topological polar surface area (TPSA) is 90.4 Å². The lowest BCUT2D eigenvalue weighted by molar-refractivity contribution is -0.150. The van der Waals surface area contributed by atoms with Gasteiger partial charge in [0.15, 0.2) is 0 Å². The van der Waals surface area contributed by atoms with Gasteiger partial charge in [-0.3, -0.25) is 14.4 Å². The largest absolute Gasteiger partial charge is 0.396 e. The Morgan fingerprint density at radius 1 is 0.936 bits per heavy atom. The summed E-state index contributed by atoms with van der Waals surface area (Å²) < 4.78 is 6.93. The predicted octanol–water partition coefficient (Wildman–Crippen LogP) is 5.50. The number of unbranched alkanes of at least 4 members (excludes halogenated alkanes) is 2. The monoisotopic (exact) mass is 635 g/mol. The second kappa shape index (κ2) is 13.5. The average Bonchev–Trinajstić information content (AvgIpc) is 3.65. The number of ether oxygens (including phenoxy) is 1. The number of hydrogen-bond donors (Lipinski definition) is 1. The van der Waals surface area contributed by atoms with Gasteiger partial charge in [0.25, 0.3) is 5.91 Å². The number of rotatable bonds is 14. The molecule has 2 unspecified atom stereocenters. The fraction of sp³-hybridized carbons (Fsp3) is 0.410. The van der Waals surface area contributed by atoms with E-state index in [4.69, 9.17) is 4.74 Å². The summed E-state index contributed by atoms with van der Waals surface area (Å²) in [5.41, 5.74) is -0.324. The maximum absolute atomic E-state index is 15.0. The van der Waals surface area contributed by atoms with E-state index in [1.165, 1.54) is 0 Å². The van der Waals surface area contributed by atoms with E-state index in [-0.39, 0.29) is 30.9 Å². The molecule has 5 atom stereocenters. The maximum Gasteiger partial charge on any atom is 0.253 e. The van der Waals surface area contributed by atoms with Crippen LogP contribution in [0.2, 0.25) is 0 Å². The molecule has 8 heteroatoms. The van der Waals surface area contributed by atoms with Crippen molar-refractivity contribution in [1.29, 1.82) is 0 Å². The minimum Gasteiger partial charge on any atom is -0.396 e. The highest BCUT2D eigenvalue weighted by molar-refractivity contribution is 6.06. The Labute approximate surface area is 277 Å². The molecule has 246 valence electrons. The molecule has 1 N–H and O–H groups in total. The van der Waals surface area contributed by atoms with E-state index in [1.54, 1.807) is 26.9 Å². The number of aliphatic hydroxyl groups is 1. The molecule has 3 aromatic carbocycles. The minimum absolute atomic E-state index is 0.0660. The third kappa shape index (κ3) is 5.78. The summed E-state index contributed by atoms with van der Waals surface area (Å²) in [6, 6.07) is 22.8. The Morgan fingerprint density at radius 2 is 1.66 bits per heavy atom. The molecule has 1 spiro atoms. The molecule has 0 saturated carbocycles. The highest BCUT2D eigenvalue weighted by Gasteiger charge is 2.78. The summed E-state index contributed by atoms with van der Waals surface area (Å²) in [5, 5.41) is 11.5. The van der Waals surface area contributed by atoms with Crippen LogP contribution in [0.5, 0.6) is 0 Å². The molecule has 3 aliphatic rings. The second-order valence-corrected chi connectivity index (χ2v) is 13.3. The van der Waals surface area contributed by atoms with Crippen molar-refractivity contribution in [2.24, 2.45) is 11.8 Å². The van der Waals surface area contributed by atoms with Gasteiger partial charge in [0, 0.05) is 38.5 Å². The minimum atomic E-state index is -1.14. The van der Waals surface area contributed by atoms with Crippen molar-refractivity contribution >= 4 is 34.2 Å². The number of hydrogen-bond acceptors (Lipinski definition) is 5.